The molecule has 0 saturated heterocycles. The minimum atomic E-state index is -0.754. The maximum absolute atomic E-state index is 13.7. The van der Waals surface area contributed by atoms with Gasteiger partial charge in [-0.25, -0.2) is 9.59 Å². The number of methoxy groups -OCH3 is 1. The first-order valence-corrected chi connectivity index (χ1v) is 14.5. The molecule has 0 unspecified atom stereocenters. The van der Waals surface area contributed by atoms with Gasteiger partial charge in [-0.2, -0.15) is 4.98 Å². The van der Waals surface area contributed by atoms with Gasteiger partial charge in [-0.15, -0.1) is 0 Å². The second kappa shape index (κ2) is 14.1. The zero-order chi connectivity index (χ0) is 31.9. The second-order valence-electron chi connectivity index (χ2n) is 11.7. The Labute approximate surface area is 257 Å². The Morgan fingerprint density at radius 3 is 2.36 bits per heavy atom. The van der Waals surface area contributed by atoms with Crippen molar-refractivity contribution in [1.29, 1.82) is 0 Å². The van der Waals surface area contributed by atoms with Gasteiger partial charge < -0.3 is 29.4 Å². The van der Waals surface area contributed by atoms with Crippen LogP contribution in [0.25, 0.3) is 10.9 Å². The highest BCUT2D eigenvalue weighted by Gasteiger charge is 2.25. The molecule has 1 atom stereocenters. The normalized spacial score (nSPS) is 12.0. The van der Waals surface area contributed by atoms with Gasteiger partial charge >= 0.3 is 11.7 Å². The van der Waals surface area contributed by atoms with Crippen LogP contribution in [0.5, 0.6) is 5.75 Å². The number of carbonyl (C=O) groups is 2. The summed E-state index contributed by atoms with van der Waals surface area (Å²) in [6, 6.07) is 20.1. The Kier molecular flexibility index (Phi) is 10.3. The van der Waals surface area contributed by atoms with E-state index in [1.165, 1.54) is 0 Å². The van der Waals surface area contributed by atoms with E-state index in [4.69, 9.17) is 13.9 Å². The third-order valence-corrected chi connectivity index (χ3v) is 7.14. The van der Waals surface area contributed by atoms with Crippen molar-refractivity contribution >= 4 is 28.9 Å². The molecule has 0 radical (unpaired) electrons. The van der Waals surface area contributed by atoms with Crippen molar-refractivity contribution in [1.82, 2.24) is 15.2 Å². The molecule has 0 spiro atoms. The predicted octanol–water partition coefficient (Wildman–Crippen LogP) is 5.25. The van der Waals surface area contributed by atoms with E-state index in [0.717, 1.165) is 16.7 Å². The molecule has 232 valence electrons. The van der Waals surface area contributed by atoms with Gasteiger partial charge in [-0.1, -0.05) is 48.5 Å². The number of hydrogen-bond donors (Lipinski definition) is 2. The van der Waals surface area contributed by atoms with E-state index in [0.29, 0.717) is 41.6 Å². The quantitative estimate of drug-likeness (QED) is 0.239. The smallest absolute Gasteiger partial charge is 0.407 e. The van der Waals surface area contributed by atoms with Crippen LogP contribution in [0.15, 0.2) is 75.9 Å². The molecule has 10 nitrogen and oxygen atoms in total. The highest BCUT2D eigenvalue weighted by atomic mass is 16.6. The van der Waals surface area contributed by atoms with E-state index in [-0.39, 0.29) is 18.5 Å². The van der Waals surface area contributed by atoms with Crippen LogP contribution in [-0.4, -0.2) is 54.2 Å². The number of ether oxygens (including phenoxy) is 2. The Morgan fingerprint density at radius 2 is 1.70 bits per heavy atom. The maximum Gasteiger partial charge on any atom is 0.407 e. The Hall–Kier alpha value is -4.86. The lowest BCUT2D eigenvalue weighted by atomic mass is 10.0. The van der Waals surface area contributed by atoms with Gasteiger partial charge in [-0.05, 0) is 74.6 Å². The van der Waals surface area contributed by atoms with Crippen LogP contribution < -0.4 is 21.0 Å². The number of alkyl carbamates (subject to hydrolysis) is 1. The van der Waals surface area contributed by atoms with Crippen molar-refractivity contribution in [2.75, 3.05) is 26.0 Å². The number of hydrogen-bond acceptors (Lipinski definition) is 8. The Morgan fingerprint density at radius 1 is 1.00 bits per heavy atom. The summed E-state index contributed by atoms with van der Waals surface area (Å²) in [7, 11) is 3.36. The first kappa shape index (κ1) is 32.1. The topological polar surface area (TPSA) is 123 Å². The van der Waals surface area contributed by atoms with Crippen molar-refractivity contribution in [2.45, 2.75) is 58.7 Å². The van der Waals surface area contributed by atoms with Gasteiger partial charge in [0.15, 0.2) is 0 Å². The fourth-order valence-electron chi connectivity index (χ4n) is 4.76. The lowest BCUT2D eigenvalue weighted by Crippen LogP contribution is -2.43. The van der Waals surface area contributed by atoms with Crippen molar-refractivity contribution in [3.63, 3.8) is 0 Å². The molecule has 0 fully saturated rings. The third kappa shape index (κ3) is 8.59. The zero-order valence-electron chi connectivity index (χ0n) is 26.1. The molecule has 0 aliphatic heterocycles. The van der Waals surface area contributed by atoms with Crippen molar-refractivity contribution < 1.29 is 23.5 Å². The van der Waals surface area contributed by atoms with Crippen LogP contribution in [0.4, 0.5) is 10.8 Å². The summed E-state index contributed by atoms with van der Waals surface area (Å²) in [6.07, 6.45) is 0.477. The Bertz CT molecular complexity index is 1650. The van der Waals surface area contributed by atoms with Gasteiger partial charge in [0.25, 0.3) is 6.01 Å². The molecule has 3 aromatic carbocycles. The standard InChI is InChI=1S/C34H40N4O6/c1-22-25(21-35-33(41)44-34(2,3)4)14-17-27-29(22)31(40)43-32(36-27)37-28(20-24-12-15-26(42-6)16-13-24)30(39)38(5)19-18-23-10-8-7-9-11-23/h7-17,28H,18-21H2,1-6H3,(H,35,41)(H,36,37)/t28-/m0/s1. The number of likely N-dealkylation sites (N-methyl/N-ethyl adjacent to an activating group) is 1. The number of anilines is 1. The fraction of sp³-hybridized carbons (Fsp3) is 0.353. The van der Waals surface area contributed by atoms with Crippen LogP contribution in [-0.2, 0) is 28.9 Å². The molecule has 2 N–H and O–H groups in total. The number of aromatic nitrogens is 1. The van der Waals surface area contributed by atoms with Crippen molar-refractivity contribution in [3.8, 4) is 5.75 Å². The number of aryl methyl sites for hydroxylation is 1. The van der Waals surface area contributed by atoms with Gasteiger partial charge in [0, 0.05) is 26.6 Å². The SMILES string of the molecule is COc1ccc(C[C@H](Nc2nc3ccc(CNC(=O)OC(C)(C)C)c(C)c3c(=O)o2)C(=O)N(C)CCc2ccccc2)cc1. The average molecular weight is 601 g/mol. The highest BCUT2D eigenvalue weighted by molar-refractivity contribution is 5.86. The number of carbonyl (C=O) groups excluding carboxylic acids is 2. The summed E-state index contributed by atoms with van der Waals surface area (Å²) in [6.45, 7) is 7.82. The zero-order valence-corrected chi connectivity index (χ0v) is 26.1. The fourth-order valence-corrected chi connectivity index (χ4v) is 4.76. The van der Waals surface area contributed by atoms with Crippen LogP contribution in [0.2, 0.25) is 0 Å². The molecule has 0 saturated carbocycles. The molecule has 0 aliphatic rings. The van der Waals surface area contributed by atoms with E-state index in [9.17, 15) is 14.4 Å². The number of rotatable bonds is 11. The number of nitrogens with zero attached hydrogens (tertiary/aromatic N) is 2. The van der Waals surface area contributed by atoms with Crippen LogP contribution in [0.3, 0.4) is 0 Å². The lowest BCUT2D eigenvalue weighted by molar-refractivity contribution is -0.130. The maximum atomic E-state index is 13.7. The Balaban J connectivity index is 1.56. The monoisotopic (exact) mass is 600 g/mol. The molecular weight excluding hydrogens is 560 g/mol. The van der Waals surface area contributed by atoms with E-state index < -0.39 is 23.4 Å². The summed E-state index contributed by atoms with van der Waals surface area (Å²) in [5.41, 5.74) is 2.58. The molecule has 0 bridgehead atoms. The predicted molar refractivity (Wildman–Crippen MR) is 170 cm³/mol. The molecule has 0 aliphatic carbocycles. The summed E-state index contributed by atoms with van der Waals surface area (Å²) >= 11 is 0. The minimum absolute atomic E-state index is 0.0511. The molecule has 10 heteroatoms. The molecule has 1 aromatic heterocycles. The molecule has 2 amide bonds. The molecule has 4 rings (SSSR count). The van der Waals surface area contributed by atoms with Crippen LogP contribution in [0.1, 0.15) is 43.0 Å². The third-order valence-electron chi connectivity index (χ3n) is 7.14. The van der Waals surface area contributed by atoms with Gasteiger partial charge in [-0.3, -0.25) is 4.79 Å². The summed E-state index contributed by atoms with van der Waals surface area (Å²) in [4.78, 5) is 45.2. The van der Waals surface area contributed by atoms with Crippen molar-refractivity contribution in [3.05, 3.63) is 99.4 Å². The number of fused-ring (bicyclic) bond motifs is 1. The van der Waals surface area contributed by atoms with Crippen LogP contribution >= 0.6 is 0 Å². The summed E-state index contributed by atoms with van der Waals surface area (Å²) < 4.78 is 16.2. The molecule has 1 heterocycles. The number of nitrogens with one attached hydrogen (secondary N) is 2. The van der Waals surface area contributed by atoms with E-state index in [2.05, 4.69) is 15.6 Å². The molecule has 44 heavy (non-hydrogen) atoms. The van der Waals surface area contributed by atoms with Gasteiger partial charge in [0.2, 0.25) is 5.91 Å². The van der Waals surface area contributed by atoms with E-state index in [1.807, 2.05) is 54.6 Å². The average Bonchev–Trinajstić information content (AvgIpc) is 2.98. The first-order valence-electron chi connectivity index (χ1n) is 14.5. The second-order valence-corrected chi connectivity index (χ2v) is 11.7. The molecular formula is C34H40N4O6. The summed E-state index contributed by atoms with van der Waals surface area (Å²) in [5.74, 6) is 0.545. The lowest BCUT2D eigenvalue weighted by Gasteiger charge is -2.25. The minimum Gasteiger partial charge on any atom is -0.497 e. The van der Waals surface area contributed by atoms with Crippen LogP contribution in [0, 0.1) is 6.92 Å². The molecule has 4 aromatic rings. The largest absolute Gasteiger partial charge is 0.497 e. The highest BCUT2D eigenvalue weighted by Crippen LogP contribution is 2.21. The first-order chi connectivity index (χ1) is 20.9. The van der Waals surface area contributed by atoms with Crippen molar-refractivity contribution in [2.24, 2.45) is 0 Å². The van der Waals surface area contributed by atoms with E-state index >= 15 is 0 Å². The number of amides is 2. The van der Waals surface area contributed by atoms with E-state index in [1.54, 1.807) is 58.9 Å². The summed E-state index contributed by atoms with van der Waals surface area (Å²) in [5, 5.41) is 6.11. The van der Waals surface area contributed by atoms with Gasteiger partial charge in [0.05, 0.1) is 18.0 Å². The van der Waals surface area contributed by atoms with Gasteiger partial charge in [0.1, 0.15) is 17.4 Å². The number of benzene rings is 3.